The molecule has 2 N–H and O–H groups in total. The third kappa shape index (κ3) is 3.28. The highest BCUT2D eigenvalue weighted by Gasteiger charge is 2.40. The van der Waals surface area contributed by atoms with E-state index >= 15 is 0 Å². The number of rotatable bonds is 6. The zero-order valence-corrected chi connectivity index (χ0v) is 9.64. The molecule has 0 rings (SSSR count). The van der Waals surface area contributed by atoms with Gasteiger partial charge in [-0.05, 0) is 31.1 Å². The second-order valence-corrected chi connectivity index (χ2v) is 4.47. The van der Waals surface area contributed by atoms with Gasteiger partial charge in [0.2, 0.25) is 0 Å². The Morgan fingerprint density at radius 2 is 1.93 bits per heavy atom. The molecule has 84 valence electrons. The molecule has 2 unspecified atom stereocenters. The van der Waals surface area contributed by atoms with Crippen LogP contribution in [0.5, 0.6) is 0 Å². The molecule has 14 heavy (non-hydrogen) atoms. The van der Waals surface area contributed by atoms with Crippen molar-refractivity contribution in [1.82, 2.24) is 0 Å². The van der Waals surface area contributed by atoms with Gasteiger partial charge >= 0.3 is 0 Å². The van der Waals surface area contributed by atoms with Crippen molar-refractivity contribution in [2.45, 2.75) is 52.6 Å². The van der Waals surface area contributed by atoms with Gasteiger partial charge in [-0.2, -0.15) is 0 Å². The van der Waals surface area contributed by atoms with E-state index in [2.05, 4.69) is 0 Å². The van der Waals surface area contributed by atoms with Crippen LogP contribution in [0.2, 0.25) is 0 Å². The van der Waals surface area contributed by atoms with Gasteiger partial charge in [0.05, 0.1) is 0 Å². The van der Waals surface area contributed by atoms with Crippen molar-refractivity contribution in [3.63, 3.8) is 0 Å². The molecule has 0 saturated carbocycles. The first-order valence-corrected chi connectivity index (χ1v) is 5.33. The number of nitrogens with two attached hydrogens (primary N) is 1. The number of primary amides is 1. The third-order valence-electron chi connectivity index (χ3n) is 2.89. The maximum absolute atomic E-state index is 14.2. The highest BCUT2D eigenvalue weighted by atomic mass is 19.1. The predicted octanol–water partition coefficient (Wildman–Crippen LogP) is 2.66. The maximum atomic E-state index is 14.2. The van der Waals surface area contributed by atoms with Crippen LogP contribution in [0.15, 0.2) is 0 Å². The van der Waals surface area contributed by atoms with Crippen LogP contribution in [0, 0.1) is 11.8 Å². The lowest BCUT2D eigenvalue weighted by molar-refractivity contribution is -0.133. The number of hydrogen-bond acceptors (Lipinski definition) is 1. The number of carbonyl (C=O) groups excluding carboxylic acids is 1. The summed E-state index contributed by atoms with van der Waals surface area (Å²) >= 11 is 0. The summed E-state index contributed by atoms with van der Waals surface area (Å²) in [5.41, 5.74) is 3.30. The zero-order chi connectivity index (χ0) is 11.4. The van der Waals surface area contributed by atoms with E-state index < -0.39 is 11.6 Å². The summed E-state index contributed by atoms with van der Waals surface area (Å²) in [4.78, 5) is 11.1. The Bertz CT molecular complexity index is 194. The fourth-order valence-corrected chi connectivity index (χ4v) is 1.43. The number of halogens is 1. The van der Waals surface area contributed by atoms with E-state index in [1.807, 2.05) is 20.8 Å². The van der Waals surface area contributed by atoms with Gasteiger partial charge in [-0.15, -0.1) is 0 Å². The Balaban J connectivity index is 4.48. The van der Waals surface area contributed by atoms with Gasteiger partial charge in [-0.1, -0.05) is 27.7 Å². The van der Waals surface area contributed by atoms with Gasteiger partial charge in [-0.25, -0.2) is 4.39 Å². The Morgan fingerprint density at radius 3 is 2.21 bits per heavy atom. The van der Waals surface area contributed by atoms with Crippen molar-refractivity contribution < 1.29 is 9.18 Å². The Kier molecular flexibility index (Phi) is 5.09. The molecule has 0 saturated heterocycles. The van der Waals surface area contributed by atoms with E-state index in [-0.39, 0.29) is 12.3 Å². The lowest BCUT2D eigenvalue weighted by Crippen LogP contribution is -2.45. The number of carbonyl (C=O) groups is 1. The normalized spacial score (nSPS) is 17.9. The van der Waals surface area contributed by atoms with E-state index in [9.17, 15) is 9.18 Å². The molecule has 3 heteroatoms. The topological polar surface area (TPSA) is 43.1 Å². The molecule has 0 fully saturated rings. The van der Waals surface area contributed by atoms with Crippen LogP contribution >= 0.6 is 0 Å². The summed E-state index contributed by atoms with van der Waals surface area (Å²) in [5.74, 6) is -0.709. The van der Waals surface area contributed by atoms with Gasteiger partial charge in [0.1, 0.15) is 0 Å². The van der Waals surface area contributed by atoms with Crippen LogP contribution in [-0.2, 0) is 4.79 Å². The number of hydrogen-bond donors (Lipinski definition) is 1. The third-order valence-corrected chi connectivity index (χ3v) is 2.89. The lowest BCUT2D eigenvalue weighted by Gasteiger charge is -2.28. The molecule has 2 atom stereocenters. The van der Waals surface area contributed by atoms with Crippen LogP contribution in [0.1, 0.15) is 47.0 Å². The average Bonchev–Trinajstić information content (AvgIpc) is 2.12. The molecule has 0 radical (unpaired) electrons. The highest BCUT2D eigenvalue weighted by molar-refractivity contribution is 5.83. The largest absolute Gasteiger partial charge is 0.367 e. The van der Waals surface area contributed by atoms with Crippen LogP contribution in [0.25, 0.3) is 0 Å². The minimum atomic E-state index is -1.82. The second-order valence-electron chi connectivity index (χ2n) is 4.47. The highest BCUT2D eigenvalue weighted by Crippen LogP contribution is 2.31. The van der Waals surface area contributed by atoms with Crippen LogP contribution in [0.4, 0.5) is 4.39 Å². The van der Waals surface area contributed by atoms with Crippen molar-refractivity contribution in [1.29, 1.82) is 0 Å². The van der Waals surface area contributed by atoms with Gasteiger partial charge in [0.15, 0.2) is 5.67 Å². The molecule has 0 bridgehead atoms. The van der Waals surface area contributed by atoms with Gasteiger partial charge in [-0.3, -0.25) is 4.79 Å². The number of alkyl halides is 1. The zero-order valence-electron chi connectivity index (χ0n) is 9.64. The first kappa shape index (κ1) is 13.4. The first-order valence-electron chi connectivity index (χ1n) is 5.33. The molecular formula is C11H22FNO. The van der Waals surface area contributed by atoms with E-state index in [0.29, 0.717) is 18.8 Å². The maximum Gasteiger partial charge on any atom is 0.255 e. The number of amides is 1. The van der Waals surface area contributed by atoms with Crippen LogP contribution in [0.3, 0.4) is 0 Å². The summed E-state index contributed by atoms with van der Waals surface area (Å²) < 4.78 is 14.2. The van der Waals surface area contributed by atoms with E-state index in [0.717, 1.165) is 0 Å². The molecular weight excluding hydrogens is 181 g/mol. The fourth-order valence-electron chi connectivity index (χ4n) is 1.43. The predicted molar refractivity (Wildman–Crippen MR) is 56.6 cm³/mol. The first-order chi connectivity index (χ1) is 6.34. The molecule has 0 aliphatic rings. The van der Waals surface area contributed by atoms with Crippen molar-refractivity contribution in [3.8, 4) is 0 Å². The average molecular weight is 203 g/mol. The fraction of sp³-hybridized carbons (Fsp3) is 0.909. The quantitative estimate of drug-likeness (QED) is 0.708. The Hall–Kier alpha value is -0.600. The monoisotopic (exact) mass is 203 g/mol. The summed E-state index contributed by atoms with van der Waals surface area (Å²) in [6.07, 6.45) is 1.58. The molecule has 0 spiro atoms. The van der Waals surface area contributed by atoms with Gasteiger partial charge < -0.3 is 5.73 Å². The van der Waals surface area contributed by atoms with Gasteiger partial charge in [0.25, 0.3) is 5.91 Å². The SMILES string of the molecule is CCC(C)C(F)(CCC(C)C)C(N)=O. The molecule has 1 amide bonds. The molecule has 2 nitrogen and oxygen atoms in total. The van der Waals surface area contributed by atoms with Crippen LogP contribution < -0.4 is 5.73 Å². The van der Waals surface area contributed by atoms with Crippen molar-refractivity contribution in [2.75, 3.05) is 0 Å². The Labute approximate surface area is 86.1 Å². The van der Waals surface area contributed by atoms with E-state index in [1.54, 1.807) is 6.92 Å². The molecule has 0 aromatic carbocycles. The molecule has 0 aromatic rings. The second kappa shape index (κ2) is 5.32. The molecule has 0 aliphatic heterocycles. The summed E-state index contributed by atoms with van der Waals surface area (Å²) in [5, 5.41) is 0. The van der Waals surface area contributed by atoms with Crippen molar-refractivity contribution >= 4 is 5.91 Å². The Morgan fingerprint density at radius 1 is 1.43 bits per heavy atom. The minimum Gasteiger partial charge on any atom is -0.367 e. The van der Waals surface area contributed by atoms with E-state index in [4.69, 9.17) is 5.73 Å². The summed E-state index contributed by atoms with van der Waals surface area (Å²) in [6.45, 7) is 7.64. The summed E-state index contributed by atoms with van der Waals surface area (Å²) in [7, 11) is 0. The molecule has 0 heterocycles. The molecule has 0 aliphatic carbocycles. The molecule has 0 aromatic heterocycles. The van der Waals surface area contributed by atoms with Crippen molar-refractivity contribution in [2.24, 2.45) is 17.6 Å². The summed E-state index contributed by atoms with van der Waals surface area (Å²) in [6, 6.07) is 0. The van der Waals surface area contributed by atoms with Gasteiger partial charge in [0, 0.05) is 0 Å². The van der Waals surface area contributed by atoms with E-state index in [1.165, 1.54) is 0 Å². The standard InChI is InChI=1S/C11H22FNO/c1-5-9(4)11(12,10(13)14)7-6-8(2)3/h8-9H,5-7H2,1-4H3,(H2,13,14). The van der Waals surface area contributed by atoms with Crippen molar-refractivity contribution in [3.05, 3.63) is 0 Å². The minimum absolute atomic E-state index is 0.245. The lowest BCUT2D eigenvalue weighted by atomic mass is 9.82. The smallest absolute Gasteiger partial charge is 0.255 e. The van der Waals surface area contributed by atoms with Crippen LogP contribution in [-0.4, -0.2) is 11.6 Å².